The number of fused-ring (bicyclic) bond motifs is 3. The van der Waals surface area contributed by atoms with E-state index in [1.165, 1.54) is 6.07 Å². The van der Waals surface area contributed by atoms with Crippen molar-refractivity contribution in [1.29, 1.82) is 0 Å². The van der Waals surface area contributed by atoms with E-state index in [0.29, 0.717) is 18.9 Å². The van der Waals surface area contributed by atoms with E-state index in [2.05, 4.69) is 20.8 Å². The van der Waals surface area contributed by atoms with Crippen molar-refractivity contribution in [2.75, 3.05) is 11.6 Å². The van der Waals surface area contributed by atoms with Crippen LogP contribution in [0.2, 0.25) is 0 Å². The molecule has 0 radical (unpaired) electrons. The van der Waals surface area contributed by atoms with Gasteiger partial charge in [0.25, 0.3) is 0 Å². The Morgan fingerprint density at radius 3 is 2.87 bits per heavy atom. The lowest BCUT2D eigenvalue weighted by atomic mass is 10.0. The van der Waals surface area contributed by atoms with Gasteiger partial charge >= 0.3 is 5.63 Å². The molecule has 1 aliphatic rings. The summed E-state index contributed by atoms with van der Waals surface area (Å²) in [5, 5.41) is 0.947. The molecular formula is C18H14BrNO3. The van der Waals surface area contributed by atoms with Gasteiger partial charge in [0.2, 0.25) is 0 Å². The highest BCUT2D eigenvalue weighted by molar-refractivity contribution is 9.10. The Hall–Kier alpha value is -2.27. The summed E-state index contributed by atoms with van der Waals surface area (Å²) in [6.45, 7) is 3.02. The minimum Gasteiger partial charge on any atom is -0.473 e. The molecule has 4 nitrogen and oxygen atoms in total. The molecule has 4 rings (SSSR count). The standard InChI is InChI=1S/C18H14BrNO3/c1-11-7-17(21)23-18-14(11)5-6-16-15(18)9-20(10-22-16)13-4-2-3-12(19)8-13/h2-8H,9-10H2,1H3. The molecule has 0 saturated heterocycles. The topological polar surface area (TPSA) is 42.7 Å². The summed E-state index contributed by atoms with van der Waals surface area (Å²) in [5.74, 6) is 0.775. The third-order valence-electron chi connectivity index (χ3n) is 4.08. The van der Waals surface area contributed by atoms with Crippen LogP contribution in [-0.2, 0) is 6.54 Å². The van der Waals surface area contributed by atoms with Crippen LogP contribution in [-0.4, -0.2) is 6.73 Å². The van der Waals surface area contributed by atoms with Crippen LogP contribution in [0, 0.1) is 6.92 Å². The molecule has 5 heteroatoms. The summed E-state index contributed by atoms with van der Waals surface area (Å²) in [5.41, 5.74) is 3.17. The quantitative estimate of drug-likeness (QED) is 0.600. The molecule has 1 aliphatic heterocycles. The molecule has 0 bridgehead atoms. The first-order chi connectivity index (χ1) is 11.1. The fourth-order valence-corrected chi connectivity index (χ4v) is 3.32. The van der Waals surface area contributed by atoms with E-state index in [1.807, 2.05) is 43.3 Å². The van der Waals surface area contributed by atoms with Crippen molar-refractivity contribution >= 4 is 32.6 Å². The van der Waals surface area contributed by atoms with E-state index in [9.17, 15) is 4.79 Å². The van der Waals surface area contributed by atoms with Crippen LogP contribution in [0.15, 0.2) is 56.1 Å². The highest BCUT2D eigenvalue weighted by Gasteiger charge is 2.22. The van der Waals surface area contributed by atoms with Crippen LogP contribution in [0.5, 0.6) is 5.75 Å². The molecule has 0 spiro atoms. The molecule has 3 aromatic rings. The number of nitrogens with zero attached hydrogens (tertiary/aromatic N) is 1. The summed E-state index contributed by atoms with van der Waals surface area (Å²) < 4.78 is 12.4. The zero-order valence-electron chi connectivity index (χ0n) is 12.5. The molecule has 0 aliphatic carbocycles. The number of benzene rings is 2. The Kier molecular flexibility index (Phi) is 3.38. The maximum Gasteiger partial charge on any atom is 0.336 e. The van der Waals surface area contributed by atoms with Gasteiger partial charge in [0.05, 0.1) is 12.1 Å². The van der Waals surface area contributed by atoms with Crippen molar-refractivity contribution < 1.29 is 9.15 Å². The number of rotatable bonds is 1. The normalized spacial score (nSPS) is 13.7. The molecule has 2 aromatic carbocycles. The van der Waals surface area contributed by atoms with Crippen molar-refractivity contribution in [3.63, 3.8) is 0 Å². The highest BCUT2D eigenvalue weighted by atomic mass is 79.9. The molecule has 0 atom stereocenters. The van der Waals surface area contributed by atoms with Crippen LogP contribution in [0.3, 0.4) is 0 Å². The lowest BCUT2D eigenvalue weighted by molar-refractivity contribution is 0.289. The number of ether oxygens (including phenoxy) is 1. The van der Waals surface area contributed by atoms with Crippen LogP contribution in [0.4, 0.5) is 5.69 Å². The Morgan fingerprint density at radius 2 is 2.04 bits per heavy atom. The first-order valence-electron chi connectivity index (χ1n) is 7.31. The van der Waals surface area contributed by atoms with E-state index in [1.54, 1.807) is 0 Å². The van der Waals surface area contributed by atoms with Gasteiger partial charge in [-0.3, -0.25) is 0 Å². The first-order valence-corrected chi connectivity index (χ1v) is 8.11. The van der Waals surface area contributed by atoms with Gasteiger partial charge in [-0.1, -0.05) is 22.0 Å². The van der Waals surface area contributed by atoms with Crippen molar-refractivity contribution in [3.05, 3.63) is 68.5 Å². The molecule has 116 valence electrons. The largest absolute Gasteiger partial charge is 0.473 e. The molecule has 0 unspecified atom stereocenters. The lowest BCUT2D eigenvalue weighted by Gasteiger charge is -2.31. The number of halogens is 1. The van der Waals surface area contributed by atoms with E-state index in [-0.39, 0.29) is 5.63 Å². The molecule has 23 heavy (non-hydrogen) atoms. The molecule has 1 aromatic heterocycles. The number of aryl methyl sites for hydroxylation is 1. The van der Waals surface area contributed by atoms with Gasteiger partial charge in [0.15, 0.2) is 6.73 Å². The minimum atomic E-state index is -0.331. The van der Waals surface area contributed by atoms with E-state index in [4.69, 9.17) is 9.15 Å². The average molecular weight is 372 g/mol. The number of anilines is 1. The smallest absolute Gasteiger partial charge is 0.336 e. The van der Waals surface area contributed by atoms with Crippen molar-refractivity contribution in [1.82, 2.24) is 0 Å². The van der Waals surface area contributed by atoms with Crippen molar-refractivity contribution in [3.8, 4) is 5.75 Å². The molecular weight excluding hydrogens is 358 g/mol. The average Bonchev–Trinajstić information content (AvgIpc) is 2.54. The fraction of sp³-hybridized carbons (Fsp3) is 0.167. The Bertz CT molecular complexity index is 964. The molecule has 0 amide bonds. The summed E-state index contributed by atoms with van der Waals surface area (Å²) in [7, 11) is 0. The maximum absolute atomic E-state index is 11.8. The maximum atomic E-state index is 11.8. The first kappa shape index (κ1) is 14.3. The van der Waals surface area contributed by atoms with Crippen molar-refractivity contribution in [2.24, 2.45) is 0 Å². The second-order valence-corrected chi connectivity index (χ2v) is 6.53. The zero-order valence-corrected chi connectivity index (χ0v) is 14.1. The lowest BCUT2D eigenvalue weighted by Crippen LogP contribution is -2.32. The summed E-state index contributed by atoms with van der Waals surface area (Å²) in [6.07, 6.45) is 0. The van der Waals surface area contributed by atoms with Crippen LogP contribution in [0.25, 0.3) is 11.0 Å². The molecule has 2 heterocycles. The van der Waals surface area contributed by atoms with Crippen LogP contribution in [0.1, 0.15) is 11.1 Å². The van der Waals surface area contributed by atoms with Crippen molar-refractivity contribution in [2.45, 2.75) is 13.5 Å². The fourth-order valence-electron chi connectivity index (χ4n) is 2.93. The van der Waals surface area contributed by atoms with Gasteiger partial charge in [0.1, 0.15) is 11.3 Å². The third-order valence-corrected chi connectivity index (χ3v) is 4.57. The van der Waals surface area contributed by atoms with Gasteiger partial charge in [-0.05, 0) is 42.8 Å². The van der Waals surface area contributed by atoms with E-state index < -0.39 is 0 Å². The van der Waals surface area contributed by atoms with Crippen LogP contribution >= 0.6 is 15.9 Å². The SMILES string of the molecule is Cc1cc(=O)oc2c3c(ccc12)OCN(c1cccc(Br)c1)C3. The Balaban J connectivity index is 1.84. The third kappa shape index (κ3) is 2.51. The zero-order chi connectivity index (χ0) is 16.0. The van der Waals surface area contributed by atoms with Gasteiger partial charge < -0.3 is 14.1 Å². The minimum absolute atomic E-state index is 0.331. The van der Waals surface area contributed by atoms with E-state index in [0.717, 1.165) is 32.4 Å². The predicted octanol–water partition coefficient (Wildman–Crippen LogP) is 4.22. The second-order valence-electron chi connectivity index (χ2n) is 5.62. The van der Waals surface area contributed by atoms with Gasteiger partial charge in [0, 0.05) is 21.6 Å². The molecule has 0 N–H and O–H groups in total. The molecule has 0 saturated carbocycles. The number of hydrogen-bond acceptors (Lipinski definition) is 4. The van der Waals surface area contributed by atoms with Gasteiger partial charge in [-0.15, -0.1) is 0 Å². The number of hydrogen-bond donors (Lipinski definition) is 0. The predicted molar refractivity (Wildman–Crippen MR) is 93.0 cm³/mol. The van der Waals surface area contributed by atoms with Crippen LogP contribution < -0.4 is 15.3 Å². The van der Waals surface area contributed by atoms with Gasteiger partial charge in [-0.25, -0.2) is 4.79 Å². The summed E-state index contributed by atoms with van der Waals surface area (Å²) in [6, 6.07) is 13.5. The summed E-state index contributed by atoms with van der Waals surface area (Å²) >= 11 is 3.49. The Morgan fingerprint density at radius 1 is 1.17 bits per heavy atom. The second kappa shape index (κ2) is 5.42. The molecule has 0 fully saturated rings. The Labute approximate surface area is 141 Å². The van der Waals surface area contributed by atoms with Gasteiger partial charge in [-0.2, -0.15) is 0 Å². The summed E-state index contributed by atoms with van der Waals surface area (Å²) in [4.78, 5) is 13.9. The highest BCUT2D eigenvalue weighted by Crippen LogP contribution is 2.34. The monoisotopic (exact) mass is 371 g/mol. The van der Waals surface area contributed by atoms with E-state index >= 15 is 0 Å².